The highest BCUT2D eigenvalue weighted by Crippen LogP contribution is 2.74. The Hall–Kier alpha value is -1.01. The number of hydrogen-bond donors (Lipinski definition) is 4. The fourth-order valence-electron chi connectivity index (χ4n) is 9.56. The first-order valence-corrected chi connectivity index (χ1v) is 13.7. The van der Waals surface area contributed by atoms with Crippen LogP contribution in [0.4, 0.5) is 0 Å². The van der Waals surface area contributed by atoms with Crippen molar-refractivity contribution < 1.29 is 25.2 Å². The van der Waals surface area contributed by atoms with Crippen molar-refractivity contribution in [3.63, 3.8) is 0 Å². The number of rotatable bonds is 6. The molecule has 3 saturated carbocycles. The SMILES string of the molecule is C=C(C)C(O)C(O)C[C@@H](C)[C@H]1CC[C@@]2(C)[C@@H]3[C@@H](O)C=C4[C@@H](CC[C@H](O)C4(C)C)[C@]3(C=O)CC[C@]12C. The summed E-state index contributed by atoms with van der Waals surface area (Å²) in [5.74, 6) is 0.447. The molecule has 0 spiro atoms. The molecule has 0 heterocycles. The molecule has 0 aromatic rings. The minimum atomic E-state index is -0.916. The van der Waals surface area contributed by atoms with Crippen molar-refractivity contribution in [2.75, 3.05) is 0 Å². The molecule has 5 heteroatoms. The third-order valence-corrected chi connectivity index (χ3v) is 11.9. The van der Waals surface area contributed by atoms with Crippen LogP contribution in [0.25, 0.3) is 0 Å². The Morgan fingerprint density at radius 3 is 2.34 bits per heavy atom. The number of carbonyl (C=O) groups is 1. The Balaban J connectivity index is 1.70. The number of fused-ring (bicyclic) bond motifs is 5. The van der Waals surface area contributed by atoms with Crippen LogP contribution < -0.4 is 0 Å². The molecule has 4 aliphatic rings. The average molecular weight is 489 g/mol. The summed E-state index contributed by atoms with van der Waals surface area (Å²) in [6.07, 6.45) is 5.83. The molecule has 0 radical (unpaired) electrons. The van der Waals surface area contributed by atoms with E-state index >= 15 is 0 Å². The van der Waals surface area contributed by atoms with E-state index in [1.807, 2.05) is 19.9 Å². The molecule has 2 unspecified atom stereocenters. The highest BCUT2D eigenvalue weighted by atomic mass is 16.3. The number of hydrogen-bond acceptors (Lipinski definition) is 5. The molecular weight excluding hydrogens is 440 g/mol. The molecule has 5 nitrogen and oxygen atoms in total. The fraction of sp³-hybridized carbons (Fsp3) is 0.833. The van der Waals surface area contributed by atoms with Gasteiger partial charge in [-0.25, -0.2) is 0 Å². The van der Waals surface area contributed by atoms with Gasteiger partial charge in [0.15, 0.2) is 0 Å². The Bertz CT molecular complexity index is 893. The topological polar surface area (TPSA) is 98.0 Å². The normalized spacial score (nSPS) is 46.9. The van der Waals surface area contributed by atoms with Crippen LogP contribution in [0, 0.1) is 45.3 Å². The largest absolute Gasteiger partial charge is 0.392 e. The van der Waals surface area contributed by atoms with E-state index in [-0.39, 0.29) is 28.6 Å². The van der Waals surface area contributed by atoms with E-state index in [0.29, 0.717) is 24.3 Å². The van der Waals surface area contributed by atoms with Crippen LogP contribution in [0.3, 0.4) is 0 Å². The zero-order valence-corrected chi connectivity index (χ0v) is 22.6. The summed E-state index contributed by atoms with van der Waals surface area (Å²) in [4.78, 5) is 13.1. The Morgan fingerprint density at radius 2 is 1.74 bits per heavy atom. The van der Waals surface area contributed by atoms with E-state index in [2.05, 4.69) is 27.4 Å². The van der Waals surface area contributed by atoms with Crippen LogP contribution in [0.1, 0.15) is 86.5 Å². The second-order valence-corrected chi connectivity index (χ2v) is 13.7. The lowest BCUT2D eigenvalue weighted by Gasteiger charge is -2.66. The van der Waals surface area contributed by atoms with Gasteiger partial charge >= 0.3 is 0 Å². The predicted octanol–water partition coefficient (Wildman–Crippen LogP) is 4.43. The first-order chi connectivity index (χ1) is 16.2. The van der Waals surface area contributed by atoms with E-state index in [1.165, 1.54) is 6.29 Å². The van der Waals surface area contributed by atoms with Gasteiger partial charge in [-0.3, -0.25) is 0 Å². The standard InChI is InChI=1S/C30H48O5/c1-17(2)25(35)22(32)14-18(3)19-10-11-29(7)26-23(33)15-21-20(8-9-24(34)27(21,4)5)30(26,16-31)13-12-28(19,29)6/h15-16,18-20,22-26,32-35H,1,8-14H2,2-7H3/t18-,19-,20-,22?,23+,24+,25?,26+,28-,29+,30-/m1/s1. The van der Waals surface area contributed by atoms with Crippen LogP contribution in [-0.4, -0.2) is 51.1 Å². The summed E-state index contributed by atoms with van der Waals surface area (Å²) in [5, 5.41) is 43.4. The maximum absolute atomic E-state index is 13.1. The van der Waals surface area contributed by atoms with E-state index in [9.17, 15) is 25.2 Å². The predicted molar refractivity (Wildman–Crippen MR) is 137 cm³/mol. The molecule has 11 atom stereocenters. The van der Waals surface area contributed by atoms with Gasteiger partial charge in [-0.1, -0.05) is 52.8 Å². The van der Waals surface area contributed by atoms with E-state index in [4.69, 9.17) is 0 Å². The van der Waals surface area contributed by atoms with Gasteiger partial charge in [0.1, 0.15) is 12.4 Å². The lowest BCUT2D eigenvalue weighted by atomic mass is 9.38. The third kappa shape index (κ3) is 3.66. The summed E-state index contributed by atoms with van der Waals surface area (Å²) in [6, 6.07) is 0. The summed E-state index contributed by atoms with van der Waals surface area (Å²) in [5.41, 5.74) is 0.300. The Kier molecular flexibility index (Phi) is 6.79. The van der Waals surface area contributed by atoms with Gasteiger partial charge in [0.05, 0.1) is 18.3 Å². The third-order valence-electron chi connectivity index (χ3n) is 11.9. The van der Waals surface area contributed by atoms with Gasteiger partial charge in [0.25, 0.3) is 0 Å². The minimum absolute atomic E-state index is 0.0668. The molecule has 0 aromatic carbocycles. The van der Waals surface area contributed by atoms with Crippen molar-refractivity contribution in [3.05, 3.63) is 23.8 Å². The van der Waals surface area contributed by atoms with Crippen molar-refractivity contribution in [1.29, 1.82) is 0 Å². The molecule has 0 amide bonds. The van der Waals surface area contributed by atoms with Crippen molar-refractivity contribution in [1.82, 2.24) is 0 Å². The molecule has 0 aliphatic heterocycles. The van der Waals surface area contributed by atoms with Crippen molar-refractivity contribution >= 4 is 6.29 Å². The average Bonchev–Trinajstić information content (AvgIpc) is 3.06. The Morgan fingerprint density at radius 1 is 1.09 bits per heavy atom. The summed E-state index contributed by atoms with van der Waals surface area (Å²) < 4.78 is 0. The van der Waals surface area contributed by atoms with Crippen molar-refractivity contribution in [3.8, 4) is 0 Å². The molecule has 0 aromatic heterocycles. The van der Waals surface area contributed by atoms with Crippen LogP contribution in [0.5, 0.6) is 0 Å². The minimum Gasteiger partial charge on any atom is -0.392 e. The molecule has 4 aliphatic carbocycles. The quantitative estimate of drug-likeness (QED) is 0.328. The van der Waals surface area contributed by atoms with Gasteiger partial charge in [-0.05, 0) is 86.0 Å². The van der Waals surface area contributed by atoms with Crippen molar-refractivity contribution in [2.24, 2.45) is 45.3 Å². The molecule has 3 fully saturated rings. The summed E-state index contributed by atoms with van der Waals surface area (Å²) in [6.45, 7) is 16.5. The highest BCUT2D eigenvalue weighted by molar-refractivity contribution is 5.65. The fourth-order valence-corrected chi connectivity index (χ4v) is 9.56. The van der Waals surface area contributed by atoms with Crippen LogP contribution in [0.2, 0.25) is 0 Å². The van der Waals surface area contributed by atoms with Gasteiger partial charge in [0, 0.05) is 16.7 Å². The van der Waals surface area contributed by atoms with Gasteiger partial charge < -0.3 is 25.2 Å². The molecule has 198 valence electrons. The van der Waals surface area contributed by atoms with Gasteiger partial charge in [-0.2, -0.15) is 0 Å². The monoisotopic (exact) mass is 488 g/mol. The van der Waals surface area contributed by atoms with Crippen LogP contribution in [-0.2, 0) is 4.79 Å². The van der Waals surface area contributed by atoms with Crippen LogP contribution in [0.15, 0.2) is 23.8 Å². The molecule has 0 bridgehead atoms. The van der Waals surface area contributed by atoms with Crippen LogP contribution >= 0.6 is 0 Å². The first kappa shape index (κ1) is 27.0. The molecule has 4 rings (SSSR count). The van der Waals surface area contributed by atoms with E-state index < -0.39 is 35.2 Å². The zero-order chi connectivity index (χ0) is 26.1. The lowest BCUT2D eigenvalue weighted by Crippen LogP contribution is -2.64. The Labute approximate surface area is 211 Å². The number of aliphatic hydroxyl groups is 4. The lowest BCUT2D eigenvalue weighted by molar-refractivity contribution is -0.183. The van der Waals surface area contributed by atoms with Crippen molar-refractivity contribution in [2.45, 2.75) is 111 Å². The number of aliphatic hydroxyl groups excluding tert-OH is 4. The number of aldehydes is 1. The molecule has 4 N–H and O–H groups in total. The second-order valence-electron chi connectivity index (χ2n) is 13.7. The number of carbonyl (C=O) groups excluding carboxylic acids is 1. The molecule has 35 heavy (non-hydrogen) atoms. The molecule has 0 saturated heterocycles. The first-order valence-electron chi connectivity index (χ1n) is 13.7. The van der Waals surface area contributed by atoms with E-state index in [1.54, 1.807) is 6.92 Å². The smallest absolute Gasteiger partial charge is 0.127 e. The van der Waals surface area contributed by atoms with E-state index in [0.717, 1.165) is 37.7 Å². The second kappa shape index (κ2) is 8.79. The van der Waals surface area contributed by atoms with Gasteiger partial charge in [0.2, 0.25) is 0 Å². The summed E-state index contributed by atoms with van der Waals surface area (Å²) in [7, 11) is 0. The maximum atomic E-state index is 13.1. The highest BCUT2D eigenvalue weighted by Gasteiger charge is 2.70. The molecular formula is C30H48O5. The maximum Gasteiger partial charge on any atom is 0.127 e. The summed E-state index contributed by atoms with van der Waals surface area (Å²) >= 11 is 0. The zero-order valence-electron chi connectivity index (χ0n) is 22.6. The van der Waals surface area contributed by atoms with Gasteiger partial charge in [-0.15, -0.1) is 0 Å².